The molecule has 0 aromatic carbocycles. The minimum absolute atomic E-state index is 0.226. The van der Waals surface area contributed by atoms with E-state index >= 15 is 0 Å². The average molecular weight is 402 g/mol. The normalized spacial score (nSPS) is 33.9. The number of ether oxygens (including phenoxy) is 1. The number of rotatable bonds is 5. The van der Waals surface area contributed by atoms with E-state index in [9.17, 15) is 22.0 Å². The predicted octanol–water partition coefficient (Wildman–Crippen LogP) is 7.13. The summed E-state index contributed by atoms with van der Waals surface area (Å²) in [5, 5.41) is 0. The van der Waals surface area contributed by atoms with E-state index in [1.807, 2.05) is 12.2 Å². The molecule has 28 heavy (non-hydrogen) atoms. The van der Waals surface area contributed by atoms with Gasteiger partial charge in [0.05, 0.1) is 0 Å². The zero-order valence-electron chi connectivity index (χ0n) is 16.0. The summed E-state index contributed by atoms with van der Waals surface area (Å²) >= 11 is 0. The molecule has 3 aliphatic rings. The van der Waals surface area contributed by atoms with Crippen molar-refractivity contribution >= 4 is 0 Å². The standard InChI is InChI=1S/C22H27F5O/c1-2-3-14-4-6-15(7-5-14)16-8-10-17(11-9-16)18-12-19(23)21(20(24)13-18)28-22(25,26)27/h8-10,12-15,17,19,21H,2-7,11H2,1H3. The largest absolute Gasteiger partial charge is 0.523 e. The van der Waals surface area contributed by atoms with Gasteiger partial charge in [-0.1, -0.05) is 38.0 Å². The Kier molecular flexibility index (Phi) is 6.79. The summed E-state index contributed by atoms with van der Waals surface area (Å²) in [4.78, 5) is 0. The topological polar surface area (TPSA) is 9.23 Å². The van der Waals surface area contributed by atoms with Gasteiger partial charge in [-0.25, -0.2) is 8.78 Å². The Labute approximate surface area is 163 Å². The Hall–Kier alpha value is -1.43. The summed E-state index contributed by atoms with van der Waals surface area (Å²) < 4.78 is 68.6. The van der Waals surface area contributed by atoms with E-state index in [0.717, 1.165) is 18.1 Å². The van der Waals surface area contributed by atoms with Gasteiger partial charge in [-0.2, -0.15) is 0 Å². The van der Waals surface area contributed by atoms with Crippen molar-refractivity contribution in [1.82, 2.24) is 0 Å². The molecule has 3 rings (SSSR count). The average Bonchev–Trinajstić information content (AvgIpc) is 2.65. The molecule has 6 heteroatoms. The molecule has 1 saturated carbocycles. The number of allylic oxidation sites excluding steroid dienone is 6. The first-order valence-corrected chi connectivity index (χ1v) is 10.1. The van der Waals surface area contributed by atoms with E-state index in [4.69, 9.17) is 0 Å². The van der Waals surface area contributed by atoms with Crippen molar-refractivity contribution in [3.8, 4) is 0 Å². The van der Waals surface area contributed by atoms with Gasteiger partial charge in [-0.3, -0.25) is 4.74 Å². The van der Waals surface area contributed by atoms with Gasteiger partial charge < -0.3 is 0 Å². The molecular weight excluding hydrogens is 375 g/mol. The molecule has 1 nitrogen and oxygen atoms in total. The smallest absolute Gasteiger partial charge is 0.278 e. The number of hydrogen-bond donors (Lipinski definition) is 0. The van der Waals surface area contributed by atoms with E-state index in [2.05, 4.69) is 17.7 Å². The minimum atomic E-state index is -5.08. The predicted molar refractivity (Wildman–Crippen MR) is 98.8 cm³/mol. The van der Waals surface area contributed by atoms with Crippen molar-refractivity contribution < 1.29 is 26.7 Å². The highest BCUT2D eigenvalue weighted by molar-refractivity contribution is 5.39. The van der Waals surface area contributed by atoms with Crippen LogP contribution < -0.4 is 0 Å². The van der Waals surface area contributed by atoms with Crippen LogP contribution in [0.5, 0.6) is 0 Å². The second-order valence-electron chi connectivity index (χ2n) is 8.04. The molecule has 0 saturated heterocycles. The highest BCUT2D eigenvalue weighted by atomic mass is 19.4. The molecule has 0 aliphatic heterocycles. The van der Waals surface area contributed by atoms with Crippen LogP contribution >= 0.6 is 0 Å². The van der Waals surface area contributed by atoms with Crippen molar-refractivity contribution in [2.24, 2.45) is 17.8 Å². The van der Waals surface area contributed by atoms with Gasteiger partial charge in [-0.05, 0) is 67.2 Å². The Bertz CT molecular complexity index is 665. The van der Waals surface area contributed by atoms with Crippen LogP contribution in [0.1, 0.15) is 51.9 Å². The molecule has 0 spiro atoms. The zero-order valence-corrected chi connectivity index (χ0v) is 16.0. The Morgan fingerprint density at radius 2 is 1.82 bits per heavy atom. The monoisotopic (exact) mass is 402 g/mol. The van der Waals surface area contributed by atoms with Crippen molar-refractivity contribution in [3.05, 3.63) is 47.4 Å². The molecule has 1 fully saturated rings. The van der Waals surface area contributed by atoms with Gasteiger partial charge in [0.1, 0.15) is 5.83 Å². The van der Waals surface area contributed by atoms with E-state index in [0.29, 0.717) is 17.9 Å². The lowest BCUT2D eigenvalue weighted by Crippen LogP contribution is -2.34. The van der Waals surface area contributed by atoms with Crippen LogP contribution in [-0.4, -0.2) is 18.6 Å². The Morgan fingerprint density at radius 1 is 1.11 bits per heavy atom. The maximum absolute atomic E-state index is 14.1. The van der Waals surface area contributed by atoms with Crippen LogP contribution in [0.3, 0.4) is 0 Å². The van der Waals surface area contributed by atoms with E-state index in [-0.39, 0.29) is 5.92 Å². The van der Waals surface area contributed by atoms with Crippen LogP contribution in [0.15, 0.2) is 47.4 Å². The maximum Gasteiger partial charge on any atom is 0.523 e. The molecule has 3 atom stereocenters. The molecule has 0 aromatic rings. The Balaban J connectivity index is 1.58. The molecule has 0 amide bonds. The summed E-state index contributed by atoms with van der Waals surface area (Å²) in [5.41, 5.74) is 1.65. The van der Waals surface area contributed by atoms with Crippen molar-refractivity contribution in [2.45, 2.75) is 70.5 Å². The molecule has 0 bridgehead atoms. The van der Waals surface area contributed by atoms with Crippen LogP contribution in [0.4, 0.5) is 22.0 Å². The molecule has 3 unspecified atom stereocenters. The summed E-state index contributed by atoms with van der Waals surface area (Å²) in [7, 11) is 0. The Morgan fingerprint density at radius 3 is 2.36 bits per heavy atom. The second-order valence-corrected chi connectivity index (χ2v) is 8.04. The number of halogens is 5. The summed E-state index contributed by atoms with van der Waals surface area (Å²) in [6.07, 6.45) is 6.56. The summed E-state index contributed by atoms with van der Waals surface area (Å²) in [5.74, 6) is -0.0804. The molecule has 3 aliphatic carbocycles. The van der Waals surface area contributed by atoms with Gasteiger partial charge in [-0.15, -0.1) is 13.2 Å². The lowest BCUT2D eigenvalue weighted by Gasteiger charge is -2.31. The quantitative estimate of drug-likeness (QED) is 0.444. The first kappa shape index (κ1) is 21.3. The summed E-state index contributed by atoms with van der Waals surface area (Å²) in [6.45, 7) is 2.22. The van der Waals surface area contributed by atoms with Crippen LogP contribution in [0.2, 0.25) is 0 Å². The van der Waals surface area contributed by atoms with E-state index in [1.165, 1.54) is 44.1 Å². The van der Waals surface area contributed by atoms with Crippen molar-refractivity contribution in [1.29, 1.82) is 0 Å². The van der Waals surface area contributed by atoms with Crippen molar-refractivity contribution in [2.75, 3.05) is 0 Å². The van der Waals surface area contributed by atoms with Crippen LogP contribution in [0.25, 0.3) is 0 Å². The van der Waals surface area contributed by atoms with Gasteiger partial charge in [0, 0.05) is 5.92 Å². The zero-order chi connectivity index (χ0) is 20.3. The highest BCUT2D eigenvalue weighted by Crippen LogP contribution is 2.39. The first-order valence-electron chi connectivity index (χ1n) is 10.1. The number of hydrogen-bond acceptors (Lipinski definition) is 1. The highest BCUT2D eigenvalue weighted by Gasteiger charge is 2.41. The fraction of sp³-hybridized carbons (Fsp3) is 0.636. The third-order valence-corrected chi connectivity index (χ3v) is 6.05. The molecule has 0 radical (unpaired) electrons. The van der Waals surface area contributed by atoms with E-state index in [1.54, 1.807) is 0 Å². The maximum atomic E-state index is 14.1. The number of alkyl halides is 4. The third-order valence-electron chi connectivity index (χ3n) is 6.05. The van der Waals surface area contributed by atoms with Gasteiger partial charge in [0.25, 0.3) is 0 Å². The summed E-state index contributed by atoms with van der Waals surface area (Å²) in [6, 6.07) is 0. The van der Waals surface area contributed by atoms with Gasteiger partial charge >= 0.3 is 6.36 Å². The third kappa shape index (κ3) is 5.34. The molecular formula is C22H27F5O. The second kappa shape index (κ2) is 8.93. The van der Waals surface area contributed by atoms with Gasteiger partial charge in [0.15, 0.2) is 12.3 Å². The van der Waals surface area contributed by atoms with Gasteiger partial charge in [0.2, 0.25) is 0 Å². The lowest BCUT2D eigenvalue weighted by atomic mass is 9.75. The van der Waals surface area contributed by atoms with E-state index < -0.39 is 24.5 Å². The fourth-order valence-electron chi connectivity index (χ4n) is 4.59. The van der Waals surface area contributed by atoms with Crippen molar-refractivity contribution in [3.63, 3.8) is 0 Å². The lowest BCUT2D eigenvalue weighted by molar-refractivity contribution is -0.343. The van der Waals surface area contributed by atoms with Crippen LogP contribution in [-0.2, 0) is 4.74 Å². The SMILES string of the molecule is CCCC1CCC(C2=CCC(C3=CC(F)C(OC(F)(F)F)C(F)=C3)C=C2)CC1. The minimum Gasteiger partial charge on any atom is -0.278 e. The molecule has 0 heterocycles. The molecule has 0 N–H and O–H groups in total. The van der Waals surface area contributed by atoms with Crippen LogP contribution in [0, 0.1) is 17.8 Å². The fourth-order valence-corrected chi connectivity index (χ4v) is 4.59. The molecule has 0 aromatic heterocycles. The molecule has 156 valence electrons. The first-order chi connectivity index (χ1) is 13.3.